The average Bonchev–Trinajstić information content (AvgIpc) is 2.55. The van der Waals surface area contributed by atoms with Crippen LogP contribution in [0.3, 0.4) is 0 Å². The lowest BCUT2D eigenvalue weighted by atomic mass is 10.2. The zero-order valence-electron chi connectivity index (χ0n) is 15.5. The van der Waals surface area contributed by atoms with Gasteiger partial charge in [0, 0.05) is 0 Å². The molecule has 0 bridgehead atoms. The Morgan fingerprint density at radius 2 is 1.84 bits per heavy atom. The molecule has 136 valence electrons. The lowest BCUT2D eigenvalue weighted by Crippen LogP contribution is -2.40. The highest BCUT2D eigenvalue weighted by molar-refractivity contribution is 5.89. The second-order valence-electron chi connectivity index (χ2n) is 6.51. The number of allylic oxidation sites excluding steroid dienone is 1. The predicted octanol–water partition coefficient (Wildman–Crippen LogP) is 3.47. The maximum Gasteiger partial charge on any atom is 0.354 e. The van der Waals surface area contributed by atoms with Gasteiger partial charge in [-0.15, -0.1) is 0 Å². The molecule has 1 atom stereocenters. The number of rotatable bonds is 7. The molecular formula is C20H27NO4. The van der Waals surface area contributed by atoms with Gasteiger partial charge in [0.2, 0.25) is 0 Å². The number of carbonyl (C=O) groups is 2. The van der Waals surface area contributed by atoms with Crippen molar-refractivity contribution in [3.63, 3.8) is 0 Å². The monoisotopic (exact) mass is 345 g/mol. The van der Waals surface area contributed by atoms with E-state index >= 15 is 0 Å². The fourth-order valence-corrected chi connectivity index (χ4v) is 1.89. The topological polar surface area (TPSA) is 64.6 Å². The van der Waals surface area contributed by atoms with Gasteiger partial charge in [0.15, 0.2) is 0 Å². The summed E-state index contributed by atoms with van der Waals surface area (Å²) in [6.45, 7) is 8.86. The molecule has 1 rings (SSSR count). The van der Waals surface area contributed by atoms with E-state index in [4.69, 9.17) is 9.47 Å². The molecule has 0 saturated heterocycles. The molecule has 1 N–H and O–H groups in total. The first-order valence-electron chi connectivity index (χ1n) is 8.27. The molecule has 0 fully saturated rings. The first-order chi connectivity index (χ1) is 11.7. The summed E-state index contributed by atoms with van der Waals surface area (Å²) in [5, 5.41) is 2.84. The number of esters is 2. The maximum absolute atomic E-state index is 12.1. The summed E-state index contributed by atoms with van der Waals surface area (Å²) in [6.07, 6.45) is 5.21. The molecule has 0 unspecified atom stereocenters. The minimum Gasteiger partial charge on any atom is -0.458 e. The highest BCUT2D eigenvalue weighted by Crippen LogP contribution is 2.09. The molecule has 5 heteroatoms. The van der Waals surface area contributed by atoms with E-state index in [2.05, 4.69) is 5.32 Å². The average molecular weight is 345 g/mol. The van der Waals surface area contributed by atoms with Gasteiger partial charge in [-0.2, -0.15) is 0 Å². The summed E-state index contributed by atoms with van der Waals surface area (Å²) < 4.78 is 10.5. The Labute approximate surface area is 149 Å². The van der Waals surface area contributed by atoms with Crippen LogP contribution in [-0.2, 0) is 19.1 Å². The van der Waals surface area contributed by atoms with Crippen LogP contribution < -0.4 is 5.32 Å². The van der Waals surface area contributed by atoms with Gasteiger partial charge in [0.25, 0.3) is 0 Å². The number of hydrogen-bond acceptors (Lipinski definition) is 5. The quantitative estimate of drug-likeness (QED) is 0.605. The van der Waals surface area contributed by atoms with E-state index < -0.39 is 23.6 Å². The van der Waals surface area contributed by atoms with Crippen molar-refractivity contribution in [2.24, 2.45) is 0 Å². The number of nitrogens with one attached hydrogen (secondary N) is 1. The fraction of sp³-hybridized carbons (Fsp3) is 0.400. The number of hydrogen-bond donors (Lipinski definition) is 1. The number of benzene rings is 1. The molecule has 0 spiro atoms. The minimum absolute atomic E-state index is 0.146. The van der Waals surface area contributed by atoms with E-state index in [9.17, 15) is 9.59 Å². The standard InChI is InChI=1S/C20H27NO4/c1-6-17(21-15(2)18(22)25-20(3,4)5)19(23)24-14-10-13-16-11-8-7-9-12-16/h6-13,15,21H,14H2,1-5H3/b13-10?,17-6-/t15-/m0/s1. The Morgan fingerprint density at radius 1 is 1.20 bits per heavy atom. The normalized spacial score (nSPS) is 13.4. The third-order valence-corrected chi connectivity index (χ3v) is 3.06. The van der Waals surface area contributed by atoms with Gasteiger partial charge in [-0.3, -0.25) is 0 Å². The number of ether oxygens (including phenoxy) is 2. The summed E-state index contributed by atoms with van der Waals surface area (Å²) in [6, 6.07) is 9.07. The second-order valence-corrected chi connectivity index (χ2v) is 6.51. The highest BCUT2D eigenvalue weighted by atomic mass is 16.6. The van der Waals surface area contributed by atoms with Crippen LogP contribution in [0.4, 0.5) is 0 Å². The molecule has 0 saturated carbocycles. The largest absolute Gasteiger partial charge is 0.458 e. The van der Waals surface area contributed by atoms with Crippen LogP contribution in [0.5, 0.6) is 0 Å². The molecule has 0 amide bonds. The van der Waals surface area contributed by atoms with Crippen molar-refractivity contribution >= 4 is 18.0 Å². The molecule has 1 aromatic rings. The van der Waals surface area contributed by atoms with Gasteiger partial charge >= 0.3 is 11.9 Å². The number of carbonyl (C=O) groups excluding carboxylic acids is 2. The highest BCUT2D eigenvalue weighted by Gasteiger charge is 2.23. The van der Waals surface area contributed by atoms with Gasteiger partial charge in [-0.25, -0.2) is 9.59 Å². The zero-order chi connectivity index (χ0) is 18.9. The minimum atomic E-state index is -0.655. The molecule has 0 aliphatic heterocycles. The molecule has 0 aromatic heterocycles. The van der Waals surface area contributed by atoms with Crippen molar-refractivity contribution in [1.29, 1.82) is 0 Å². The Bertz CT molecular complexity index is 627. The first kappa shape index (κ1) is 20.5. The van der Waals surface area contributed by atoms with Gasteiger partial charge in [-0.05, 0) is 46.3 Å². The third-order valence-electron chi connectivity index (χ3n) is 3.06. The second kappa shape index (κ2) is 9.67. The lowest BCUT2D eigenvalue weighted by Gasteiger charge is -2.23. The molecule has 0 radical (unpaired) electrons. The Hall–Kier alpha value is -2.56. The first-order valence-corrected chi connectivity index (χ1v) is 8.27. The van der Waals surface area contributed by atoms with Crippen molar-refractivity contribution in [3.8, 4) is 0 Å². The predicted molar refractivity (Wildman–Crippen MR) is 98.6 cm³/mol. The van der Waals surface area contributed by atoms with Crippen molar-refractivity contribution in [2.75, 3.05) is 6.61 Å². The van der Waals surface area contributed by atoms with Gasteiger partial charge in [-0.1, -0.05) is 42.5 Å². The van der Waals surface area contributed by atoms with E-state index in [-0.39, 0.29) is 12.3 Å². The molecule has 25 heavy (non-hydrogen) atoms. The summed E-state index contributed by atoms with van der Waals surface area (Å²) in [4.78, 5) is 24.1. The summed E-state index contributed by atoms with van der Waals surface area (Å²) >= 11 is 0. The third kappa shape index (κ3) is 8.20. The van der Waals surface area contributed by atoms with Crippen LogP contribution in [0.2, 0.25) is 0 Å². The Kier molecular flexibility index (Phi) is 7.92. The van der Waals surface area contributed by atoms with Crippen LogP contribution in [-0.4, -0.2) is 30.2 Å². The van der Waals surface area contributed by atoms with Crippen molar-refractivity contribution in [3.05, 3.63) is 53.7 Å². The van der Waals surface area contributed by atoms with E-state index in [1.807, 2.05) is 36.4 Å². The molecule has 5 nitrogen and oxygen atoms in total. The van der Waals surface area contributed by atoms with Gasteiger partial charge in [0.05, 0.1) is 0 Å². The molecule has 0 heterocycles. The lowest BCUT2D eigenvalue weighted by molar-refractivity contribution is -0.156. The van der Waals surface area contributed by atoms with Crippen molar-refractivity contribution in [2.45, 2.75) is 46.3 Å². The molecular weight excluding hydrogens is 318 g/mol. The van der Waals surface area contributed by atoms with Gasteiger partial charge < -0.3 is 14.8 Å². The van der Waals surface area contributed by atoms with E-state index in [0.717, 1.165) is 5.56 Å². The Morgan fingerprint density at radius 3 is 2.40 bits per heavy atom. The fourth-order valence-electron chi connectivity index (χ4n) is 1.89. The summed E-state index contributed by atoms with van der Waals surface area (Å²) in [7, 11) is 0. The summed E-state index contributed by atoms with van der Waals surface area (Å²) in [5.41, 5.74) is 0.680. The van der Waals surface area contributed by atoms with Crippen molar-refractivity contribution < 1.29 is 19.1 Å². The maximum atomic E-state index is 12.1. The van der Waals surface area contributed by atoms with Crippen LogP contribution in [0.1, 0.15) is 40.2 Å². The van der Waals surface area contributed by atoms with Crippen LogP contribution in [0.25, 0.3) is 6.08 Å². The van der Waals surface area contributed by atoms with E-state index in [1.54, 1.807) is 46.8 Å². The van der Waals surface area contributed by atoms with Crippen LogP contribution >= 0.6 is 0 Å². The summed E-state index contributed by atoms with van der Waals surface area (Å²) in [5.74, 6) is -0.945. The van der Waals surface area contributed by atoms with E-state index in [0.29, 0.717) is 0 Å². The Balaban J connectivity index is 2.49. The molecule has 0 aliphatic rings. The molecule has 0 aliphatic carbocycles. The van der Waals surface area contributed by atoms with E-state index in [1.165, 1.54) is 0 Å². The van der Waals surface area contributed by atoms with Crippen molar-refractivity contribution in [1.82, 2.24) is 5.32 Å². The SMILES string of the molecule is C/C=C(\N[C@@H](C)C(=O)OC(C)(C)C)C(=O)OCC=Cc1ccccc1. The smallest absolute Gasteiger partial charge is 0.354 e. The van der Waals surface area contributed by atoms with Crippen LogP contribution in [0.15, 0.2) is 48.2 Å². The van der Waals surface area contributed by atoms with Crippen LogP contribution in [0, 0.1) is 0 Å². The zero-order valence-corrected chi connectivity index (χ0v) is 15.5. The molecule has 1 aromatic carbocycles. The van der Waals surface area contributed by atoms with Gasteiger partial charge in [0.1, 0.15) is 23.9 Å².